The van der Waals surface area contributed by atoms with Crippen LogP contribution in [-0.4, -0.2) is 5.91 Å². The van der Waals surface area contributed by atoms with Crippen molar-refractivity contribution >= 4 is 34.8 Å². The van der Waals surface area contributed by atoms with Crippen molar-refractivity contribution in [2.24, 2.45) is 0 Å². The summed E-state index contributed by atoms with van der Waals surface area (Å²) in [6.07, 6.45) is -0.381. The van der Waals surface area contributed by atoms with Crippen LogP contribution in [0.15, 0.2) is 42.5 Å². The zero-order chi connectivity index (χ0) is 13.4. The molecule has 0 saturated heterocycles. The summed E-state index contributed by atoms with van der Waals surface area (Å²) in [5.41, 5.74) is 2.15. The van der Waals surface area contributed by atoms with Gasteiger partial charge in [-0.3, -0.25) is 4.79 Å². The predicted molar refractivity (Wildman–Crippen MR) is 76.7 cm³/mol. The van der Waals surface area contributed by atoms with Gasteiger partial charge in [0.05, 0.1) is 15.6 Å². The molecule has 1 aliphatic rings. The molecule has 0 aromatic heterocycles. The van der Waals surface area contributed by atoms with Crippen molar-refractivity contribution in [1.29, 1.82) is 0 Å². The number of halogens is 2. The lowest BCUT2D eigenvalue weighted by Gasteiger charge is -2.28. The van der Waals surface area contributed by atoms with Gasteiger partial charge in [0, 0.05) is 11.3 Å². The Morgan fingerprint density at radius 3 is 2.58 bits per heavy atom. The van der Waals surface area contributed by atoms with E-state index in [1.165, 1.54) is 0 Å². The smallest absolute Gasteiger partial charge is 0.255 e. The molecule has 3 nitrogen and oxygen atoms in total. The lowest BCUT2D eigenvalue weighted by Crippen LogP contribution is -2.38. The van der Waals surface area contributed by atoms with Gasteiger partial charge in [-0.15, -0.1) is 0 Å². The van der Waals surface area contributed by atoms with Crippen LogP contribution in [0.5, 0.6) is 0 Å². The summed E-state index contributed by atoms with van der Waals surface area (Å²) >= 11 is 12.2. The number of hydrogen-bond donors (Lipinski definition) is 2. The highest BCUT2D eigenvalue weighted by Gasteiger charge is 2.25. The lowest BCUT2D eigenvalue weighted by atomic mass is 10.1. The minimum atomic E-state index is -0.381. The van der Waals surface area contributed by atoms with Crippen molar-refractivity contribution in [1.82, 2.24) is 5.32 Å². The van der Waals surface area contributed by atoms with E-state index < -0.39 is 0 Å². The molecule has 1 aliphatic heterocycles. The molecule has 1 amide bonds. The molecule has 0 aliphatic carbocycles. The second-order valence-corrected chi connectivity index (χ2v) is 5.02. The Morgan fingerprint density at radius 1 is 0.947 bits per heavy atom. The minimum Gasteiger partial charge on any atom is -0.361 e. The topological polar surface area (TPSA) is 41.1 Å². The Hall–Kier alpha value is -1.71. The van der Waals surface area contributed by atoms with Crippen LogP contribution in [0.3, 0.4) is 0 Å². The highest BCUT2D eigenvalue weighted by atomic mass is 35.5. The van der Waals surface area contributed by atoms with Crippen LogP contribution in [0.1, 0.15) is 22.1 Å². The van der Waals surface area contributed by atoms with Gasteiger partial charge < -0.3 is 10.6 Å². The molecular formula is C14H10Cl2N2O. The van der Waals surface area contributed by atoms with E-state index in [1.807, 2.05) is 24.3 Å². The molecule has 2 aromatic rings. The van der Waals surface area contributed by atoms with Crippen molar-refractivity contribution in [3.05, 3.63) is 63.6 Å². The maximum Gasteiger partial charge on any atom is 0.255 e. The van der Waals surface area contributed by atoms with Gasteiger partial charge in [-0.1, -0.05) is 47.5 Å². The third kappa shape index (κ3) is 2.15. The molecule has 0 bridgehead atoms. The first-order valence-electron chi connectivity index (χ1n) is 5.77. The molecule has 96 valence electrons. The standard InChI is InChI=1S/C14H10Cl2N2O/c15-10-6-3-5-9(12(10)16)13-17-11-7-2-1-4-8(11)14(19)18-13/h1-7,13,17H,(H,18,19). The van der Waals surface area contributed by atoms with Gasteiger partial charge in [-0.25, -0.2) is 0 Å². The van der Waals surface area contributed by atoms with Gasteiger partial charge in [-0.2, -0.15) is 0 Å². The Bertz CT molecular complexity index is 658. The summed E-state index contributed by atoms with van der Waals surface area (Å²) in [5, 5.41) is 7.01. The van der Waals surface area contributed by atoms with E-state index in [4.69, 9.17) is 23.2 Å². The summed E-state index contributed by atoms with van der Waals surface area (Å²) in [5.74, 6) is -0.129. The number of amides is 1. The highest BCUT2D eigenvalue weighted by molar-refractivity contribution is 6.42. The molecular weight excluding hydrogens is 283 g/mol. The number of rotatable bonds is 1. The summed E-state index contributed by atoms with van der Waals surface area (Å²) in [7, 11) is 0. The summed E-state index contributed by atoms with van der Waals surface area (Å²) in [6, 6.07) is 12.7. The molecule has 5 heteroatoms. The molecule has 2 N–H and O–H groups in total. The first-order valence-corrected chi connectivity index (χ1v) is 6.53. The van der Waals surface area contributed by atoms with E-state index in [1.54, 1.807) is 18.2 Å². The fourth-order valence-corrected chi connectivity index (χ4v) is 2.52. The van der Waals surface area contributed by atoms with Crippen LogP contribution >= 0.6 is 23.2 Å². The number of fused-ring (bicyclic) bond motifs is 1. The SMILES string of the molecule is O=C1NC(c2cccc(Cl)c2Cl)Nc2ccccc21. The zero-order valence-corrected chi connectivity index (χ0v) is 11.3. The zero-order valence-electron chi connectivity index (χ0n) is 9.78. The lowest BCUT2D eigenvalue weighted by molar-refractivity contribution is 0.0935. The Balaban J connectivity index is 2.02. The fourth-order valence-electron chi connectivity index (χ4n) is 2.11. The minimum absolute atomic E-state index is 0.129. The molecule has 1 unspecified atom stereocenters. The third-order valence-electron chi connectivity index (χ3n) is 3.04. The normalized spacial score (nSPS) is 17.4. The number of anilines is 1. The number of hydrogen-bond acceptors (Lipinski definition) is 2. The van der Waals surface area contributed by atoms with E-state index in [-0.39, 0.29) is 12.1 Å². The molecule has 1 heterocycles. The monoisotopic (exact) mass is 292 g/mol. The Labute approximate surface area is 120 Å². The number of benzene rings is 2. The van der Waals surface area contributed by atoms with Crippen LogP contribution in [0.25, 0.3) is 0 Å². The average Bonchev–Trinajstić information content (AvgIpc) is 2.42. The molecule has 3 rings (SSSR count). The average molecular weight is 293 g/mol. The van der Waals surface area contributed by atoms with Gasteiger partial charge in [0.15, 0.2) is 0 Å². The largest absolute Gasteiger partial charge is 0.361 e. The fraction of sp³-hybridized carbons (Fsp3) is 0.0714. The van der Waals surface area contributed by atoms with E-state index in [0.29, 0.717) is 15.6 Å². The van der Waals surface area contributed by atoms with Crippen LogP contribution in [-0.2, 0) is 0 Å². The molecule has 0 radical (unpaired) electrons. The van der Waals surface area contributed by atoms with Crippen LogP contribution < -0.4 is 10.6 Å². The maximum atomic E-state index is 12.0. The summed E-state index contributed by atoms with van der Waals surface area (Å²) in [6.45, 7) is 0. The molecule has 0 spiro atoms. The maximum absolute atomic E-state index is 12.0. The Morgan fingerprint density at radius 2 is 1.74 bits per heavy atom. The van der Waals surface area contributed by atoms with Gasteiger partial charge in [0.1, 0.15) is 6.17 Å². The van der Waals surface area contributed by atoms with Crippen molar-refractivity contribution in [2.75, 3.05) is 5.32 Å². The van der Waals surface area contributed by atoms with Crippen molar-refractivity contribution < 1.29 is 4.79 Å². The number of nitrogens with one attached hydrogen (secondary N) is 2. The first-order chi connectivity index (χ1) is 9.16. The van der Waals surface area contributed by atoms with Crippen LogP contribution in [0.4, 0.5) is 5.69 Å². The molecule has 0 fully saturated rings. The first kappa shape index (κ1) is 12.3. The second kappa shape index (κ2) is 4.76. The molecule has 19 heavy (non-hydrogen) atoms. The van der Waals surface area contributed by atoms with Gasteiger partial charge in [0.2, 0.25) is 0 Å². The van der Waals surface area contributed by atoms with E-state index in [2.05, 4.69) is 10.6 Å². The number of carbonyl (C=O) groups excluding carboxylic acids is 1. The summed E-state index contributed by atoms with van der Waals surface area (Å²) in [4.78, 5) is 12.0. The third-order valence-corrected chi connectivity index (χ3v) is 3.87. The van der Waals surface area contributed by atoms with Gasteiger partial charge in [-0.05, 0) is 18.2 Å². The molecule has 0 saturated carbocycles. The van der Waals surface area contributed by atoms with Crippen LogP contribution in [0.2, 0.25) is 10.0 Å². The molecule has 1 atom stereocenters. The van der Waals surface area contributed by atoms with E-state index in [9.17, 15) is 4.79 Å². The van der Waals surface area contributed by atoms with Crippen LogP contribution in [0, 0.1) is 0 Å². The quantitative estimate of drug-likeness (QED) is 0.838. The number of carbonyl (C=O) groups is 1. The van der Waals surface area contributed by atoms with E-state index in [0.717, 1.165) is 11.3 Å². The van der Waals surface area contributed by atoms with Gasteiger partial charge in [0.25, 0.3) is 5.91 Å². The second-order valence-electron chi connectivity index (χ2n) is 4.24. The predicted octanol–water partition coefficient (Wildman–Crippen LogP) is 3.85. The van der Waals surface area contributed by atoms with E-state index >= 15 is 0 Å². The van der Waals surface area contributed by atoms with Crippen molar-refractivity contribution in [2.45, 2.75) is 6.17 Å². The van der Waals surface area contributed by atoms with Crippen molar-refractivity contribution in [3.8, 4) is 0 Å². The highest BCUT2D eigenvalue weighted by Crippen LogP contribution is 2.33. The van der Waals surface area contributed by atoms with Crippen molar-refractivity contribution in [3.63, 3.8) is 0 Å². The van der Waals surface area contributed by atoms with Gasteiger partial charge >= 0.3 is 0 Å². The Kier molecular flexibility index (Phi) is 3.09. The number of para-hydroxylation sites is 1. The molecule has 2 aromatic carbocycles. The summed E-state index contributed by atoms with van der Waals surface area (Å²) < 4.78 is 0.